The third-order valence-corrected chi connectivity index (χ3v) is 2.44. The number of nitrogens with two attached hydrogens (primary N) is 1. The lowest BCUT2D eigenvalue weighted by molar-refractivity contribution is 0.309. The molecule has 2 nitrogen and oxygen atoms in total. The van der Waals surface area contributed by atoms with Crippen molar-refractivity contribution >= 4 is 11.6 Å². The van der Waals surface area contributed by atoms with Gasteiger partial charge in [0.15, 0.2) is 0 Å². The predicted octanol–water partition coefficient (Wildman–Crippen LogP) is 3.14. The molecule has 0 spiro atoms. The van der Waals surface area contributed by atoms with Gasteiger partial charge in [0, 0.05) is 17.1 Å². The van der Waals surface area contributed by atoms with Crippen molar-refractivity contribution in [1.29, 1.82) is 0 Å². The molecule has 15 heavy (non-hydrogen) atoms. The fraction of sp³-hybridized carbons (Fsp3) is 0.333. The van der Waals surface area contributed by atoms with Crippen LogP contribution in [0.4, 0.5) is 0 Å². The summed E-state index contributed by atoms with van der Waals surface area (Å²) < 4.78 is 5.60. The summed E-state index contributed by atoms with van der Waals surface area (Å²) in [5.41, 5.74) is 6.47. The number of rotatable bonds is 6. The van der Waals surface area contributed by atoms with Crippen molar-refractivity contribution in [2.24, 2.45) is 5.73 Å². The molecule has 0 aliphatic rings. The summed E-state index contributed by atoms with van der Waals surface area (Å²) in [5, 5.41) is 0.665. The maximum absolute atomic E-state index is 5.99. The smallest absolute Gasteiger partial charge is 0.125 e. The van der Waals surface area contributed by atoms with E-state index in [1.807, 2.05) is 24.3 Å². The van der Waals surface area contributed by atoms with Gasteiger partial charge in [0.05, 0.1) is 6.61 Å². The topological polar surface area (TPSA) is 35.2 Å². The van der Waals surface area contributed by atoms with E-state index >= 15 is 0 Å². The molecule has 0 heterocycles. The Morgan fingerprint density at radius 2 is 2.27 bits per heavy atom. The van der Waals surface area contributed by atoms with Gasteiger partial charge in [-0.15, -0.1) is 6.58 Å². The molecule has 1 rings (SSSR count). The Labute approximate surface area is 95.7 Å². The highest BCUT2D eigenvalue weighted by molar-refractivity contribution is 6.31. The van der Waals surface area contributed by atoms with Crippen molar-refractivity contribution in [1.82, 2.24) is 0 Å². The normalized spacial score (nSPS) is 10.0. The van der Waals surface area contributed by atoms with Gasteiger partial charge in [0.2, 0.25) is 0 Å². The number of halogens is 1. The van der Waals surface area contributed by atoms with Gasteiger partial charge in [0.25, 0.3) is 0 Å². The molecule has 0 radical (unpaired) electrons. The first-order chi connectivity index (χ1) is 7.29. The van der Waals surface area contributed by atoms with Gasteiger partial charge in [-0.2, -0.15) is 0 Å². The van der Waals surface area contributed by atoms with Gasteiger partial charge >= 0.3 is 0 Å². The molecule has 0 aromatic heterocycles. The van der Waals surface area contributed by atoms with E-state index in [9.17, 15) is 0 Å². The van der Waals surface area contributed by atoms with Crippen molar-refractivity contribution in [2.45, 2.75) is 19.4 Å². The molecule has 0 saturated heterocycles. The van der Waals surface area contributed by atoms with Crippen LogP contribution in [-0.2, 0) is 6.54 Å². The number of unbranched alkanes of at least 4 members (excludes halogenated alkanes) is 1. The Morgan fingerprint density at radius 1 is 1.47 bits per heavy atom. The molecule has 82 valence electrons. The molecule has 1 aromatic rings. The quantitative estimate of drug-likeness (QED) is 0.596. The summed E-state index contributed by atoms with van der Waals surface area (Å²) in [6, 6.07) is 5.58. The lowest BCUT2D eigenvalue weighted by atomic mass is 10.2. The highest BCUT2D eigenvalue weighted by Gasteiger charge is 2.05. The van der Waals surface area contributed by atoms with Gasteiger partial charge < -0.3 is 10.5 Å². The lowest BCUT2D eigenvalue weighted by Gasteiger charge is -2.10. The van der Waals surface area contributed by atoms with Crippen LogP contribution in [0.25, 0.3) is 0 Å². The molecule has 3 heteroatoms. The predicted molar refractivity (Wildman–Crippen MR) is 64.3 cm³/mol. The van der Waals surface area contributed by atoms with Gasteiger partial charge in [0.1, 0.15) is 5.75 Å². The Balaban J connectivity index is 2.59. The molecular weight excluding hydrogens is 210 g/mol. The minimum atomic E-state index is 0.399. The van der Waals surface area contributed by atoms with Crippen LogP contribution in [0.5, 0.6) is 5.75 Å². The second kappa shape index (κ2) is 6.49. The van der Waals surface area contributed by atoms with E-state index in [2.05, 4.69) is 6.58 Å². The monoisotopic (exact) mass is 225 g/mol. The maximum atomic E-state index is 5.99. The Hall–Kier alpha value is -0.990. The number of benzene rings is 1. The zero-order valence-electron chi connectivity index (χ0n) is 8.71. The van der Waals surface area contributed by atoms with Crippen LogP contribution in [0.3, 0.4) is 0 Å². The number of hydrogen-bond donors (Lipinski definition) is 1. The van der Waals surface area contributed by atoms with Crippen LogP contribution in [0.1, 0.15) is 18.4 Å². The van der Waals surface area contributed by atoms with Gasteiger partial charge in [-0.1, -0.05) is 23.7 Å². The van der Waals surface area contributed by atoms with Crippen LogP contribution in [0, 0.1) is 0 Å². The summed E-state index contributed by atoms with van der Waals surface area (Å²) in [7, 11) is 0. The van der Waals surface area contributed by atoms with Crippen molar-refractivity contribution in [2.75, 3.05) is 6.61 Å². The van der Waals surface area contributed by atoms with E-state index in [1.54, 1.807) is 0 Å². The van der Waals surface area contributed by atoms with E-state index in [4.69, 9.17) is 22.1 Å². The molecule has 0 atom stereocenters. The van der Waals surface area contributed by atoms with Gasteiger partial charge in [-0.3, -0.25) is 0 Å². The van der Waals surface area contributed by atoms with Gasteiger partial charge in [-0.25, -0.2) is 0 Å². The number of hydrogen-bond acceptors (Lipinski definition) is 2. The molecule has 1 aromatic carbocycles. The highest BCUT2D eigenvalue weighted by Crippen LogP contribution is 2.25. The summed E-state index contributed by atoms with van der Waals surface area (Å²) >= 11 is 5.99. The average Bonchev–Trinajstić information content (AvgIpc) is 2.24. The fourth-order valence-electron chi connectivity index (χ4n) is 1.28. The minimum Gasteiger partial charge on any atom is -0.493 e. The Morgan fingerprint density at radius 3 is 2.93 bits per heavy atom. The zero-order chi connectivity index (χ0) is 11.1. The number of ether oxygens (including phenoxy) is 1. The highest BCUT2D eigenvalue weighted by atomic mass is 35.5. The summed E-state index contributed by atoms with van der Waals surface area (Å²) in [5.74, 6) is 0.786. The molecule has 0 aliphatic heterocycles. The molecular formula is C12H16ClNO. The molecule has 0 amide bonds. The first-order valence-electron chi connectivity index (χ1n) is 5.00. The molecule has 0 unspecified atom stereocenters. The molecule has 0 fully saturated rings. The summed E-state index contributed by atoms with van der Waals surface area (Å²) in [6.07, 6.45) is 3.80. The SMILES string of the molecule is C=CCCCOc1cccc(Cl)c1CN. The fourth-order valence-corrected chi connectivity index (χ4v) is 1.53. The maximum Gasteiger partial charge on any atom is 0.125 e. The van der Waals surface area contributed by atoms with E-state index in [-0.39, 0.29) is 0 Å². The zero-order valence-corrected chi connectivity index (χ0v) is 9.46. The van der Waals surface area contributed by atoms with E-state index in [0.717, 1.165) is 24.2 Å². The lowest BCUT2D eigenvalue weighted by Crippen LogP contribution is -2.04. The number of allylic oxidation sites excluding steroid dienone is 1. The first kappa shape index (κ1) is 12.1. The minimum absolute atomic E-state index is 0.399. The van der Waals surface area contributed by atoms with E-state index in [1.165, 1.54) is 0 Å². The van der Waals surface area contributed by atoms with Crippen LogP contribution >= 0.6 is 11.6 Å². The molecule has 2 N–H and O–H groups in total. The molecule has 0 bridgehead atoms. The standard InChI is InChI=1S/C12H16ClNO/c1-2-3-4-8-15-12-7-5-6-11(13)10(12)9-14/h2,5-7H,1,3-4,8-9,14H2. The third-order valence-electron chi connectivity index (χ3n) is 2.09. The van der Waals surface area contributed by atoms with Crippen molar-refractivity contribution in [3.63, 3.8) is 0 Å². The molecule has 0 aliphatic carbocycles. The Bertz CT molecular complexity index is 325. The Kier molecular flexibility index (Phi) is 5.22. The molecule has 0 saturated carbocycles. The van der Waals surface area contributed by atoms with E-state index < -0.39 is 0 Å². The third kappa shape index (κ3) is 3.57. The first-order valence-corrected chi connectivity index (χ1v) is 5.38. The van der Waals surface area contributed by atoms with Crippen molar-refractivity contribution < 1.29 is 4.74 Å². The average molecular weight is 226 g/mol. The van der Waals surface area contributed by atoms with Crippen molar-refractivity contribution in [3.8, 4) is 5.75 Å². The van der Waals surface area contributed by atoms with Crippen LogP contribution in [0.15, 0.2) is 30.9 Å². The second-order valence-corrected chi connectivity index (χ2v) is 3.61. The van der Waals surface area contributed by atoms with Crippen molar-refractivity contribution in [3.05, 3.63) is 41.4 Å². The summed E-state index contributed by atoms with van der Waals surface area (Å²) in [6.45, 7) is 4.72. The summed E-state index contributed by atoms with van der Waals surface area (Å²) in [4.78, 5) is 0. The van der Waals surface area contributed by atoms with Gasteiger partial charge in [-0.05, 0) is 25.0 Å². The van der Waals surface area contributed by atoms with Crippen LogP contribution in [0.2, 0.25) is 5.02 Å². The van der Waals surface area contributed by atoms with Crippen LogP contribution < -0.4 is 10.5 Å². The van der Waals surface area contributed by atoms with E-state index in [0.29, 0.717) is 18.2 Å². The largest absolute Gasteiger partial charge is 0.493 e. The van der Waals surface area contributed by atoms with Crippen LogP contribution in [-0.4, -0.2) is 6.61 Å². The second-order valence-electron chi connectivity index (χ2n) is 3.20.